The Hall–Kier alpha value is -2.83. The Balaban J connectivity index is 1.51. The number of carbonyl (C=O) groups excluding carboxylic acids is 1. The van der Waals surface area contributed by atoms with Crippen LogP contribution in [0.4, 0.5) is 18.9 Å². The molecule has 0 aliphatic carbocycles. The second-order valence-corrected chi connectivity index (χ2v) is 9.85. The molecule has 184 valence electrons. The molecule has 0 aromatic heterocycles. The number of halogens is 3. The number of alkyl halides is 3. The number of aliphatic hydroxyl groups is 1. The topological polar surface area (TPSA) is 114 Å². The molecule has 0 radical (unpaired) electrons. The van der Waals surface area contributed by atoms with Crippen LogP contribution in [-0.2, 0) is 19.6 Å². The van der Waals surface area contributed by atoms with Crippen molar-refractivity contribution in [2.75, 3.05) is 17.9 Å². The van der Waals surface area contributed by atoms with E-state index in [0.29, 0.717) is 17.0 Å². The van der Waals surface area contributed by atoms with E-state index in [1.54, 1.807) is 36.4 Å². The Morgan fingerprint density at radius 3 is 2.56 bits per heavy atom. The molecule has 2 aromatic rings. The average molecular weight is 500 g/mol. The third-order valence-corrected chi connectivity index (χ3v) is 7.10. The maximum absolute atomic E-state index is 12.7. The lowest BCUT2D eigenvalue weighted by Gasteiger charge is -2.37. The molecule has 3 N–H and O–H groups in total. The first-order valence-electron chi connectivity index (χ1n) is 10.5. The maximum atomic E-state index is 12.7. The van der Waals surface area contributed by atoms with Crippen molar-refractivity contribution in [3.8, 4) is 5.75 Å². The molecule has 2 aliphatic rings. The second-order valence-electron chi connectivity index (χ2n) is 8.17. The molecule has 2 aromatic carbocycles. The van der Waals surface area contributed by atoms with Crippen LogP contribution < -0.4 is 14.8 Å². The van der Waals surface area contributed by atoms with Gasteiger partial charge in [0, 0.05) is 17.2 Å². The molecule has 0 saturated carbocycles. The number of hydrogen-bond acceptors (Lipinski definition) is 6. The molecule has 4 atom stereocenters. The van der Waals surface area contributed by atoms with E-state index < -0.39 is 53.6 Å². The van der Waals surface area contributed by atoms with Gasteiger partial charge in [0.25, 0.3) is 10.0 Å². The van der Waals surface area contributed by atoms with Crippen LogP contribution in [-0.4, -0.2) is 57.1 Å². The summed E-state index contributed by atoms with van der Waals surface area (Å²) in [6.07, 6.45) is -6.70. The molecular formula is C22H23F3N2O6S. The number of carbonyl (C=O) groups is 1. The van der Waals surface area contributed by atoms with Crippen molar-refractivity contribution in [1.82, 2.24) is 5.32 Å². The highest BCUT2D eigenvalue weighted by Crippen LogP contribution is 2.47. The number of rotatable bonds is 7. The van der Waals surface area contributed by atoms with Crippen LogP contribution in [0.5, 0.6) is 5.75 Å². The SMILES string of the molecule is O=C(C[C@H]1C[C@@H]2c3cc(NS(=O)(=O)c4ccccc4)ccc3O[C@@H]2[C@@H](CO)O1)NCC(F)(F)F. The fraction of sp³-hybridized carbons (Fsp3) is 0.409. The number of amides is 1. The molecule has 0 bridgehead atoms. The Morgan fingerprint density at radius 2 is 1.88 bits per heavy atom. The molecule has 2 aliphatic heterocycles. The van der Waals surface area contributed by atoms with Crippen LogP contribution in [0.1, 0.15) is 24.3 Å². The Labute approximate surface area is 194 Å². The summed E-state index contributed by atoms with van der Waals surface area (Å²) in [6.45, 7) is -1.85. The smallest absolute Gasteiger partial charge is 0.405 e. The van der Waals surface area contributed by atoms with E-state index in [9.17, 15) is 31.5 Å². The first kappa shape index (κ1) is 24.3. The Bertz CT molecular complexity index is 1140. The van der Waals surface area contributed by atoms with Gasteiger partial charge in [-0.15, -0.1) is 0 Å². The Morgan fingerprint density at radius 1 is 1.15 bits per heavy atom. The predicted molar refractivity (Wildman–Crippen MR) is 115 cm³/mol. The minimum absolute atomic E-state index is 0.0981. The fourth-order valence-corrected chi connectivity index (χ4v) is 5.31. The summed E-state index contributed by atoms with van der Waals surface area (Å²) < 4.78 is 76.6. The zero-order chi connectivity index (χ0) is 24.5. The summed E-state index contributed by atoms with van der Waals surface area (Å²) in [5.74, 6) is -0.676. The molecule has 0 spiro atoms. The molecule has 1 amide bonds. The van der Waals surface area contributed by atoms with Crippen LogP contribution >= 0.6 is 0 Å². The van der Waals surface area contributed by atoms with Crippen LogP contribution in [0.15, 0.2) is 53.4 Å². The van der Waals surface area contributed by atoms with Crippen LogP contribution in [0.3, 0.4) is 0 Å². The fourth-order valence-electron chi connectivity index (χ4n) is 4.24. The van der Waals surface area contributed by atoms with E-state index in [2.05, 4.69) is 4.72 Å². The van der Waals surface area contributed by atoms with Gasteiger partial charge in [0.15, 0.2) is 0 Å². The van der Waals surface area contributed by atoms with E-state index in [1.807, 2.05) is 5.32 Å². The molecule has 12 heteroatoms. The first-order chi connectivity index (χ1) is 16.1. The number of sulfonamides is 1. The first-order valence-corrected chi connectivity index (χ1v) is 12.0. The second kappa shape index (κ2) is 9.43. The molecular weight excluding hydrogens is 477 g/mol. The summed E-state index contributed by atoms with van der Waals surface area (Å²) >= 11 is 0. The standard InChI is InChI=1S/C22H23F3N2O6S/c23-22(24,25)12-26-20(29)10-14-9-17-16-8-13(27-34(30,31)15-4-2-1-3-5-15)6-7-18(16)33-21(17)19(11-28)32-14/h1-8,14,17,19,21,27-28H,9-12H2,(H,26,29)/t14-,17-,19-,21+/m1/s1. The zero-order valence-corrected chi connectivity index (χ0v) is 18.6. The molecule has 1 fully saturated rings. The number of anilines is 1. The Kier molecular flexibility index (Phi) is 6.74. The quantitative estimate of drug-likeness (QED) is 0.539. The minimum atomic E-state index is -4.52. The van der Waals surface area contributed by atoms with Crippen molar-refractivity contribution in [2.24, 2.45) is 0 Å². The van der Waals surface area contributed by atoms with Gasteiger partial charge in [-0.2, -0.15) is 13.2 Å². The number of aliphatic hydroxyl groups excluding tert-OH is 1. The number of fused-ring (bicyclic) bond motifs is 3. The van der Waals surface area contributed by atoms with Crippen molar-refractivity contribution < 1.29 is 41.0 Å². The zero-order valence-electron chi connectivity index (χ0n) is 17.8. The van der Waals surface area contributed by atoms with Crippen LogP contribution in [0.25, 0.3) is 0 Å². The van der Waals surface area contributed by atoms with Crippen molar-refractivity contribution in [3.63, 3.8) is 0 Å². The molecule has 1 saturated heterocycles. The maximum Gasteiger partial charge on any atom is 0.405 e. The molecule has 0 unspecified atom stereocenters. The van der Waals surface area contributed by atoms with Crippen LogP contribution in [0.2, 0.25) is 0 Å². The normalized spacial score (nSPS) is 24.0. The largest absolute Gasteiger partial charge is 0.487 e. The van der Waals surface area contributed by atoms with Crippen molar-refractivity contribution in [3.05, 3.63) is 54.1 Å². The van der Waals surface area contributed by atoms with Gasteiger partial charge in [0.1, 0.15) is 24.5 Å². The highest BCUT2D eigenvalue weighted by Gasteiger charge is 2.46. The van der Waals surface area contributed by atoms with E-state index in [4.69, 9.17) is 9.47 Å². The van der Waals surface area contributed by atoms with Gasteiger partial charge in [0.05, 0.1) is 24.0 Å². The lowest BCUT2D eigenvalue weighted by Crippen LogP contribution is -2.47. The monoisotopic (exact) mass is 500 g/mol. The molecule has 4 rings (SSSR count). The van der Waals surface area contributed by atoms with Gasteiger partial charge in [-0.3, -0.25) is 9.52 Å². The van der Waals surface area contributed by atoms with Gasteiger partial charge in [-0.1, -0.05) is 18.2 Å². The summed E-state index contributed by atoms with van der Waals surface area (Å²) in [7, 11) is -3.82. The predicted octanol–water partition coefficient (Wildman–Crippen LogP) is 2.55. The number of nitrogens with one attached hydrogen (secondary N) is 2. The highest BCUT2D eigenvalue weighted by molar-refractivity contribution is 7.92. The van der Waals surface area contributed by atoms with Gasteiger partial charge in [0.2, 0.25) is 5.91 Å². The minimum Gasteiger partial charge on any atom is -0.487 e. The van der Waals surface area contributed by atoms with Crippen molar-refractivity contribution in [1.29, 1.82) is 0 Å². The third-order valence-electron chi connectivity index (χ3n) is 5.70. The van der Waals surface area contributed by atoms with Gasteiger partial charge in [-0.25, -0.2) is 8.42 Å². The molecule has 34 heavy (non-hydrogen) atoms. The van der Waals surface area contributed by atoms with Crippen LogP contribution in [0, 0.1) is 0 Å². The van der Waals surface area contributed by atoms with Crippen molar-refractivity contribution >= 4 is 21.6 Å². The van der Waals surface area contributed by atoms with E-state index in [1.165, 1.54) is 12.1 Å². The van der Waals surface area contributed by atoms with E-state index in [0.717, 1.165) is 0 Å². The lowest BCUT2D eigenvalue weighted by molar-refractivity contribution is -0.149. The summed E-state index contributed by atoms with van der Waals surface area (Å²) in [4.78, 5) is 12.1. The third kappa shape index (κ3) is 5.45. The van der Waals surface area contributed by atoms with Gasteiger partial charge >= 0.3 is 6.18 Å². The summed E-state index contributed by atoms with van der Waals surface area (Å²) in [5, 5.41) is 11.6. The van der Waals surface area contributed by atoms with E-state index >= 15 is 0 Å². The number of ether oxygens (including phenoxy) is 2. The average Bonchev–Trinajstić information content (AvgIpc) is 3.15. The lowest BCUT2D eigenvalue weighted by atomic mass is 9.84. The summed E-state index contributed by atoms with van der Waals surface area (Å²) in [5.41, 5.74) is 0.971. The number of hydrogen-bond donors (Lipinski definition) is 3. The summed E-state index contributed by atoms with van der Waals surface area (Å²) in [6, 6.07) is 12.6. The molecule has 8 nitrogen and oxygen atoms in total. The van der Waals surface area contributed by atoms with Gasteiger partial charge < -0.3 is 19.9 Å². The van der Waals surface area contributed by atoms with E-state index in [-0.39, 0.29) is 23.7 Å². The highest BCUT2D eigenvalue weighted by atomic mass is 32.2. The molecule has 2 heterocycles. The van der Waals surface area contributed by atoms with Gasteiger partial charge in [-0.05, 0) is 36.8 Å². The number of benzene rings is 2. The van der Waals surface area contributed by atoms with Crippen molar-refractivity contribution in [2.45, 2.75) is 48.1 Å².